The Bertz CT molecular complexity index is 6250. The zero-order valence-electron chi connectivity index (χ0n) is 67.4. The number of aryl methyl sites for hydroxylation is 2. The van der Waals surface area contributed by atoms with Gasteiger partial charge in [0, 0.05) is 164 Å². The number of aliphatic hydroxyl groups excluding tert-OH is 1. The quantitative estimate of drug-likeness (QED) is 0.0158. The summed E-state index contributed by atoms with van der Waals surface area (Å²) >= 11 is 2.31. The maximum atomic E-state index is 12.4. The molecule has 16 rings (SSSR count). The Morgan fingerprint density at radius 2 is 0.900 bits per heavy atom. The normalized spacial score (nSPS) is 10.8. The largest absolute Gasteiger partial charge is 0.493 e. The highest BCUT2D eigenvalue weighted by molar-refractivity contribution is 14.1. The number of anilines is 8. The molecule has 6 aromatic carbocycles. The van der Waals surface area contributed by atoms with Crippen molar-refractivity contribution in [2.75, 3.05) is 77.6 Å². The van der Waals surface area contributed by atoms with Crippen LogP contribution in [-0.4, -0.2) is 147 Å². The monoisotopic (exact) mass is 1720 g/mol. The molecule has 120 heavy (non-hydrogen) atoms. The van der Waals surface area contributed by atoms with Crippen LogP contribution in [0.15, 0.2) is 232 Å². The molecule has 0 bridgehead atoms. The van der Waals surface area contributed by atoms with Crippen molar-refractivity contribution in [3.05, 3.63) is 263 Å². The first-order valence-corrected chi connectivity index (χ1v) is 39.0. The number of nitrogens with one attached hydrogen (secondary N) is 5. The summed E-state index contributed by atoms with van der Waals surface area (Å²) in [7, 11) is 10.7. The minimum atomic E-state index is -0.368. The van der Waals surface area contributed by atoms with Crippen LogP contribution in [-0.2, 0) is 27.4 Å². The number of fused-ring (bicyclic) bond motifs is 4. The van der Waals surface area contributed by atoms with Gasteiger partial charge in [-0.15, -0.1) is 0 Å². The van der Waals surface area contributed by atoms with Gasteiger partial charge in [0.25, 0.3) is 0 Å². The molecule has 0 saturated carbocycles. The number of nitrogens with zero attached hydrogens (tertiary/aromatic N) is 14. The van der Waals surface area contributed by atoms with E-state index in [1.54, 1.807) is 97.9 Å². The average molecular weight is 1720 g/mol. The Balaban J connectivity index is 0.000000140. The van der Waals surface area contributed by atoms with E-state index in [9.17, 15) is 19.5 Å². The number of halogens is 1. The number of hydrogen-bond acceptors (Lipinski definition) is 25. The Morgan fingerprint density at radius 3 is 1.35 bits per heavy atom. The number of esters is 1. The first-order chi connectivity index (χ1) is 58.5. The van der Waals surface area contributed by atoms with Crippen molar-refractivity contribution in [3.63, 3.8) is 0 Å². The fraction of sp³-hybridized carbons (Fsp3) is 0.180. The first-order valence-electron chi connectivity index (χ1n) is 37.9. The molecule has 10 heterocycles. The molecule has 10 aromatic heterocycles. The summed E-state index contributed by atoms with van der Waals surface area (Å²) in [6, 6.07) is 53.7. The van der Waals surface area contributed by atoms with Crippen LogP contribution >= 0.6 is 22.6 Å². The van der Waals surface area contributed by atoms with E-state index in [0.29, 0.717) is 87.3 Å². The highest BCUT2D eigenvalue weighted by atomic mass is 127. The number of carbonyl (C=O) groups is 3. The number of Topliss-reactive ketones (excluding diaryl/α,β-unsaturated/α-hetero) is 1. The van der Waals surface area contributed by atoms with Gasteiger partial charge in [-0.2, -0.15) is 19.9 Å². The van der Waals surface area contributed by atoms with Crippen LogP contribution in [0.5, 0.6) is 34.5 Å². The van der Waals surface area contributed by atoms with Crippen molar-refractivity contribution in [1.29, 1.82) is 0 Å². The SMILES string of the molecule is CCCC(=O)c1cccc(-n2ccc3cnc(Nc4cc(OC)c(OC)c(OC)c4)nc32)c1.COC(=O)CCNC(=O)Cc1cccc(-n2ccc3cnc(Nc4cc(OC)c(OC)c(OC)c4)nc32)c1.Cc1cc(I)ccc1Nc1ncc2ccn(-c3ccccn3)c2n1.Cc1ccc(CO)cc1Nc1ncc2ccn(-c3ccccn3)c2n1. The van der Waals surface area contributed by atoms with Crippen molar-refractivity contribution in [1.82, 2.24) is 73.4 Å². The minimum absolute atomic E-state index is 0.00260. The third kappa shape index (κ3) is 20.1. The van der Waals surface area contributed by atoms with Gasteiger partial charge < -0.3 is 74.0 Å². The van der Waals surface area contributed by atoms with Crippen LogP contribution in [0.1, 0.15) is 58.8 Å². The Labute approximate surface area is 704 Å². The van der Waals surface area contributed by atoms with E-state index in [1.165, 1.54) is 10.7 Å². The molecular formula is C89H86IN19O11. The maximum Gasteiger partial charge on any atom is 0.307 e. The van der Waals surface area contributed by atoms with Gasteiger partial charge in [-0.05, 0) is 162 Å². The van der Waals surface area contributed by atoms with Crippen molar-refractivity contribution in [3.8, 4) is 57.5 Å². The van der Waals surface area contributed by atoms with E-state index in [1.807, 2.05) is 197 Å². The lowest BCUT2D eigenvalue weighted by molar-refractivity contribution is -0.140. The van der Waals surface area contributed by atoms with E-state index in [-0.39, 0.29) is 43.7 Å². The smallest absolute Gasteiger partial charge is 0.307 e. The molecule has 0 spiro atoms. The molecule has 0 aliphatic heterocycles. The number of aromatic nitrogens is 14. The van der Waals surface area contributed by atoms with Gasteiger partial charge >= 0.3 is 5.97 Å². The van der Waals surface area contributed by atoms with Crippen LogP contribution in [0.4, 0.5) is 46.5 Å². The molecule has 0 unspecified atom stereocenters. The molecule has 30 nitrogen and oxygen atoms in total. The number of carbonyl (C=O) groups excluding carboxylic acids is 3. The second-order valence-corrected chi connectivity index (χ2v) is 28.1. The topological polar surface area (TPSA) is 345 Å². The summed E-state index contributed by atoms with van der Waals surface area (Å²) in [6.07, 6.45) is 20.0. The first kappa shape index (κ1) is 83.3. The molecule has 0 fully saturated rings. The van der Waals surface area contributed by atoms with Crippen LogP contribution in [0.3, 0.4) is 0 Å². The third-order valence-corrected chi connectivity index (χ3v) is 19.5. The molecule has 0 saturated heterocycles. The molecule has 6 N–H and O–H groups in total. The molecule has 610 valence electrons. The zero-order valence-corrected chi connectivity index (χ0v) is 69.5. The lowest BCUT2D eigenvalue weighted by Gasteiger charge is -2.14. The maximum absolute atomic E-state index is 12.4. The van der Waals surface area contributed by atoms with Gasteiger partial charge in [-0.25, -0.2) is 29.9 Å². The lowest BCUT2D eigenvalue weighted by Crippen LogP contribution is -2.27. The Hall–Kier alpha value is -14.6. The second-order valence-electron chi connectivity index (χ2n) is 26.8. The highest BCUT2D eigenvalue weighted by Crippen LogP contribution is 2.42. The van der Waals surface area contributed by atoms with Crippen molar-refractivity contribution >= 4 is 131 Å². The lowest BCUT2D eigenvalue weighted by atomic mass is 10.1. The fourth-order valence-electron chi connectivity index (χ4n) is 12.8. The van der Waals surface area contributed by atoms with E-state index in [0.717, 1.165) is 102 Å². The van der Waals surface area contributed by atoms with E-state index >= 15 is 0 Å². The van der Waals surface area contributed by atoms with Crippen molar-refractivity contribution in [2.45, 2.75) is 53.1 Å². The molecule has 1 amide bonds. The van der Waals surface area contributed by atoms with Crippen molar-refractivity contribution in [2.24, 2.45) is 0 Å². The van der Waals surface area contributed by atoms with Gasteiger partial charge in [0.15, 0.2) is 40.1 Å². The van der Waals surface area contributed by atoms with E-state index < -0.39 is 0 Å². The minimum Gasteiger partial charge on any atom is -0.493 e. The van der Waals surface area contributed by atoms with Gasteiger partial charge in [0.1, 0.15) is 22.9 Å². The number of aliphatic hydroxyl groups is 1. The van der Waals surface area contributed by atoms with Crippen LogP contribution in [0.2, 0.25) is 0 Å². The van der Waals surface area contributed by atoms with E-state index in [2.05, 4.69) is 113 Å². The number of hydrogen-bond donors (Lipinski definition) is 6. The summed E-state index contributed by atoms with van der Waals surface area (Å²) in [6.45, 7) is 6.29. The molecule has 0 radical (unpaired) electrons. The Kier molecular flexibility index (Phi) is 27.3. The van der Waals surface area contributed by atoms with Gasteiger partial charge in [0.05, 0.1) is 69.2 Å². The number of ketones is 1. The van der Waals surface area contributed by atoms with Gasteiger partial charge in [0.2, 0.25) is 41.2 Å². The number of benzene rings is 6. The number of amides is 1. The van der Waals surface area contributed by atoms with Gasteiger partial charge in [-0.1, -0.05) is 55.5 Å². The molecule has 0 aliphatic rings. The standard InChI is InChI=1S/C27H29N5O6.C25H26N4O4.C19H17N5O.C18H14IN5/c1-35-21-14-19(15-22(36-2)25(21)38-4)30-27-29-16-18-9-11-32(26(18)31-27)20-7-5-6-17(12-20)13-23(33)28-10-8-24(34)37-3;1-5-7-20(30)16-8-6-9-19(12-16)29-11-10-17-15-26-25(28-24(17)29)27-18-13-21(31-2)23(33-4)22(14-18)32-3;1-13-5-6-14(12-25)10-16(13)22-19-21-11-15-7-9-24(18(15)23-19)17-4-2-3-8-20-17;1-12-10-14(19)5-6-15(12)22-18-21-11-13-7-9-24(17(13)23-18)16-4-2-3-8-20-16/h5-7,9,11-12,14-16H,8,10,13H2,1-4H3,(H,28,33)(H,29,30,31);6,8-15H,5,7H2,1-4H3,(H,26,27,28);2-11,25H,12H2,1H3,(H,21,22,23);2-11H,1H3,(H,21,22,23). The fourth-order valence-corrected chi connectivity index (χ4v) is 13.5. The summed E-state index contributed by atoms with van der Waals surface area (Å²) in [5.74, 6) is 6.15. The van der Waals surface area contributed by atoms with Crippen molar-refractivity contribution < 1.29 is 52.6 Å². The molecule has 0 atom stereocenters. The number of methoxy groups -OCH3 is 7. The van der Waals surface area contributed by atoms with Crippen LogP contribution in [0.25, 0.3) is 67.1 Å². The Morgan fingerprint density at radius 1 is 0.433 bits per heavy atom. The predicted octanol–water partition coefficient (Wildman–Crippen LogP) is 16.4. The third-order valence-electron chi connectivity index (χ3n) is 18.9. The molecule has 16 aromatic rings. The molecule has 31 heteroatoms. The summed E-state index contributed by atoms with van der Waals surface area (Å²) < 4.78 is 46.0. The molecule has 0 aliphatic carbocycles. The number of rotatable bonds is 27. The van der Waals surface area contributed by atoms with E-state index in [4.69, 9.17) is 38.4 Å². The second kappa shape index (κ2) is 39.4. The highest BCUT2D eigenvalue weighted by Gasteiger charge is 2.20. The summed E-state index contributed by atoms with van der Waals surface area (Å²) in [4.78, 5) is 81.1. The predicted molar refractivity (Wildman–Crippen MR) is 470 cm³/mol. The van der Waals surface area contributed by atoms with Gasteiger partial charge in [-0.3, -0.25) is 23.5 Å². The number of ether oxygens (including phenoxy) is 7. The summed E-state index contributed by atoms with van der Waals surface area (Å²) in [5.41, 5.74) is 12.5. The number of pyridine rings is 2. The van der Waals surface area contributed by atoms with Crippen LogP contribution in [0, 0.1) is 17.4 Å². The molecular weight excluding hydrogens is 1640 g/mol. The van der Waals surface area contributed by atoms with Crippen LogP contribution < -0.4 is 55.0 Å². The zero-order chi connectivity index (χ0) is 84.2. The summed E-state index contributed by atoms with van der Waals surface area (Å²) in [5, 5.41) is 28.7. The average Bonchev–Trinajstić information content (AvgIpc) is 1.66.